The number of benzene rings is 5. The van der Waals surface area contributed by atoms with Gasteiger partial charge in [0.05, 0.1) is 33.3 Å². The Morgan fingerprint density at radius 2 is 0.780 bits per heavy atom. The van der Waals surface area contributed by atoms with E-state index < -0.39 is 18.3 Å². The highest BCUT2D eigenvalue weighted by Crippen LogP contribution is 2.38. The Morgan fingerprint density at radius 1 is 0.463 bits per heavy atom. The summed E-state index contributed by atoms with van der Waals surface area (Å²) in [4.78, 5) is 0. The van der Waals surface area contributed by atoms with Crippen molar-refractivity contribution in [3.8, 4) is 11.4 Å². The van der Waals surface area contributed by atoms with E-state index in [0.29, 0.717) is 0 Å². The molecule has 1 saturated heterocycles. The zero-order valence-corrected chi connectivity index (χ0v) is 23.8. The average Bonchev–Trinajstić information content (AvgIpc) is 3.57. The van der Waals surface area contributed by atoms with E-state index in [1.165, 1.54) is 43.6 Å². The second kappa shape index (κ2) is 8.59. The Balaban J connectivity index is 1.46. The molecule has 2 aromatic heterocycles. The molecule has 0 saturated carbocycles. The van der Waals surface area contributed by atoms with Crippen molar-refractivity contribution >= 4 is 56.2 Å². The number of aromatic nitrogens is 2. The number of nitrogens with zero attached hydrogens (tertiary/aromatic N) is 2. The van der Waals surface area contributed by atoms with Crippen molar-refractivity contribution in [1.82, 2.24) is 9.13 Å². The second-order valence-electron chi connectivity index (χ2n) is 12.1. The highest BCUT2D eigenvalue weighted by molar-refractivity contribution is 6.62. The van der Waals surface area contributed by atoms with Crippen LogP contribution in [0.3, 0.4) is 0 Å². The van der Waals surface area contributed by atoms with E-state index >= 15 is 0 Å². The molecule has 8 rings (SSSR count). The minimum atomic E-state index is -0.486. The molecule has 41 heavy (non-hydrogen) atoms. The lowest BCUT2D eigenvalue weighted by atomic mass is 9.78. The third kappa shape index (κ3) is 3.56. The van der Waals surface area contributed by atoms with Gasteiger partial charge in [-0.1, -0.05) is 72.8 Å². The molecule has 200 valence electrons. The van der Waals surface area contributed by atoms with E-state index in [-0.39, 0.29) is 0 Å². The van der Waals surface area contributed by atoms with Gasteiger partial charge in [0.2, 0.25) is 0 Å². The smallest absolute Gasteiger partial charge is 0.399 e. The average molecular weight is 534 g/mol. The summed E-state index contributed by atoms with van der Waals surface area (Å²) in [7, 11) is -0.486. The number of hydrogen-bond acceptors (Lipinski definition) is 2. The van der Waals surface area contributed by atoms with Crippen molar-refractivity contribution in [1.29, 1.82) is 0 Å². The quantitative estimate of drug-likeness (QED) is 0.214. The Morgan fingerprint density at radius 3 is 1.12 bits per heavy atom. The van der Waals surface area contributed by atoms with Gasteiger partial charge in [0.15, 0.2) is 0 Å². The van der Waals surface area contributed by atoms with Crippen molar-refractivity contribution in [2.75, 3.05) is 0 Å². The van der Waals surface area contributed by atoms with Gasteiger partial charge in [0.25, 0.3) is 0 Å². The van der Waals surface area contributed by atoms with Crippen LogP contribution < -0.4 is 5.46 Å². The van der Waals surface area contributed by atoms with E-state index in [1.807, 2.05) is 0 Å². The molecule has 1 aliphatic rings. The molecule has 7 aromatic rings. The SMILES string of the molecule is CC1(C)OB(c2cc(-n3c4ccccc4c4ccccc43)cc(-n3c4ccccc4c4ccccc43)c2)OC1(C)C. The van der Waals surface area contributed by atoms with Crippen molar-refractivity contribution in [3.05, 3.63) is 115 Å². The molecular weight excluding hydrogens is 503 g/mol. The van der Waals surface area contributed by atoms with Crippen molar-refractivity contribution in [3.63, 3.8) is 0 Å². The van der Waals surface area contributed by atoms with Crippen LogP contribution in [-0.4, -0.2) is 27.5 Å². The van der Waals surface area contributed by atoms with Gasteiger partial charge < -0.3 is 18.4 Å². The number of hydrogen-bond donors (Lipinski definition) is 0. The lowest BCUT2D eigenvalue weighted by molar-refractivity contribution is 0.00578. The van der Waals surface area contributed by atoms with Gasteiger partial charge in [-0.3, -0.25) is 0 Å². The zero-order valence-electron chi connectivity index (χ0n) is 23.8. The third-order valence-electron chi connectivity index (χ3n) is 9.13. The maximum Gasteiger partial charge on any atom is 0.494 e. The number of rotatable bonds is 3. The summed E-state index contributed by atoms with van der Waals surface area (Å²) >= 11 is 0. The second-order valence-corrected chi connectivity index (χ2v) is 12.1. The first-order chi connectivity index (χ1) is 19.8. The molecule has 0 amide bonds. The Kier molecular flexibility index (Phi) is 5.13. The van der Waals surface area contributed by atoms with Crippen LogP contribution in [-0.2, 0) is 9.31 Å². The van der Waals surface area contributed by atoms with Crippen molar-refractivity contribution < 1.29 is 9.31 Å². The zero-order chi connectivity index (χ0) is 27.9. The van der Waals surface area contributed by atoms with Crippen LogP contribution in [0.4, 0.5) is 0 Å². The number of para-hydroxylation sites is 4. The largest absolute Gasteiger partial charge is 0.494 e. The minimum absolute atomic E-state index is 0.437. The molecular formula is C36H31BN2O2. The molecule has 1 fully saturated rings. The van der Waals surface area contributed by atoms with Gasteiger partial charge in [-0.05, 0) is 75.6 Å². The van der Waals surface area contributed by atoms with E-state index in [9.17, 15) is 0 Å². The predicted octanol–water partition coefficient (Wildman–Crippen LogP) is 8.18. The molecule has 3 heterocycles. The predicted molar refractivity (Wildman–Crippen MR) is 171 cm³/mol. The monoisotopic (exact) mass is 534 g/mol. The van der Waals surface area contributed by atoms with Gasteiger partial charge >= 0.3 is 7.12 Å². The maximum absolute atomic E-state index is 6.60. The van der Waals surface area contributed by atoms with E-state index in [0.717, 1.165) is 16.8 Å². The molecule has 1 aliphatic heterocycles. The molecule has 0 unspecified atom stereocenters. The molecule has 0 radical (unpaired) electrons. The Labute approximate surface area is 239 Å². The molecule has 0 atom stereocenters. The van der Waals surface area contributed by atoms with Crippen LogP contribution in [0.1, 0.15) is 27.7 Å². The molecule has 4 nitrogen and oxygen atoms in total. The normalized spacial score (nSPS) is 16.4. The maximum atomic E-state index is 6.60. The lowest BCUT2D eigenvalue weighted by Gasteiger charge is -2.32. The van der Waals surface area contributed by atoms with Crippen LogP contribution in [0.5, 0.6) is 0 Å². The van der Waals surface area contributed by atoms with Crippen LogP contribution in [0.2, 0.25) is 0 Å². The first-order valence-electron chi connectivity index (χ1n) is 14.3. The fourth-order valence-electron chi connectivity index (χ4n) is 6.39. The van der Waals surface area contributed by atoms with Crippen LogP contribution >= 0.6 is 0 Å². The summed E-state index contributed by atoms with van der Waals surface area (Å²) in [6.07, 6.45) is 0. The van der Waals surface area contributed by atoms with Crippen LogP contribution in [0.25, 0.3) is 55.0 Å². The summed E-state index contributed by atoms with van der Waals surface area (Å²) < 4.78 is 18.0. The first-order valence-corrected chi connectivity index (χ1v) is 14.3. The summed E-state index contributed by atoms with van der Waals surface area (Å²) in [6.45, 7) is 8.44. The topological polar surface area (TPSA) is 28.3 Å². The van der Waals surface area contributed by atoms with Crippen molar-refractivity contribution in [2.24, 2.45) is 0 Å². The molecule has 0 bridgehead atoms. The molecule has 0 spiro atoms. The van der Waals surface area contributed by atoms with Crippen molar-refractivity contribution in [2.45, 2.75) is 38.9 Å². The minimum Gasteiger partial charge on any atom is -0.399 e. The van der Waals surface area contributed by atoms with Gasteiger partial charge in [-0.25, -0.2) is 0 Å². The third-order valence-corrected chi connectivity index (χ3v) is 9.13. The van der Waals surface area contributed by atoms with E-state index in [4.69, 9.17) is 9.31 Å². The fraction of sp³-hybridized carbons (Fsp3) is 0.167. The lowest BCUT2D eigenvalue weighted by Crippen LogP contribution is -2.41. The summed E-state index contributed by atoms with van der Waals surface area (Å²) in [5.41, 5.74) is 6.97. The highest BCUT2D eigenvalue weighted by atomic mass is 16.7. The summed E-state index contributed by atoms with van der Waals surface area (Å²) in [6, 6.07) is 41.3. The molecule has 5 aromatic carbocycles. The van der Waals surface area contributed by atoms with Gasteiger partial charge in [0.1, 0.15) is 0 Å². The van der Waals surface area contributed by atoms with Crippen LogP contribution in [0, 0.1) is 0 Å². The fourth-order valence-corrected chi connectivity index (χ4v) is 6.39. The Hall–Kier alpha value is -4.32. The van der Waals surface area contributed by atoms with E-state index in [1.54, 1.807) is 0 Å². The van der Waals surface area contributed by atoms with Gasteiger partial charge in [-0.2, -0.15) is 0 Å². The number of fused-ring (bicyclic) bond motifs is 6. The first kappa shape index (κ1) is 24.5. The van der Waals surface area contributed by atoms with E-state index in [2.05, 4.69) is 152 Å². The molecule has 0 aliphatic carbocycles. The highest BCUT2D eigenvalue weighted by Gasteiger charge is 2.51. The van der Waals surface area contributed by atoms with Gasteiger partial charge in [0, 0.05) is 32.9 Å². The summed E-state index contributed by atoms with van der Waals surface area (Å²) in [5.74, 6) is 0. The molecule has 0 N–H and O–H groups in total. The Bertz CT molecular complexity index is 1880. The molecule has 5 heteroatoms. The van der Waals surface area contributed by atoms with Gasteiger partial charge in [-0.15, -0.1) is 0 Å². The standard InChI is InChI=1S/C36H31BN2O2/c1-35(2)36(3,4)41-37(40-35)24-21-25(38-31-17-9-5-13-27(31)28-14-6-10-18-32(28)38)23-26(22-24)39-33-19-11-7-15-29(33)30-16-8-12-20-34(30)39/h5-23H,1-4H3. The van der Waals surface area contributed by atoms with Crippen LogP contribution in [0.15, 0.2) is 115 Å². The summed E-state index contributed by atoms with van der Waals surface area (Å²) in [5, 5.41) is 4.95.